The number of hydrogen-bond donors (Lipinski definition) is 2. The summed E-state index contributed by atoms with van der Waals surface area (Å²) in [5, 5.41) is 5.42. The predicted molar refractivity (Wildman–Crippen MR) is 114 cm³/mol. The lowest BCUT2D eigenvalue weighted by atomic mass is 9.98. The average Bonchev–Trinajstić information content (AvgIpc) is 3.31. The maximum absolute atomic E-state index is 13.0. The number of carbonyl (C=O) groups is 3. The fourth-order valence-corrected chi connectivity index (χ4v) is 6.16. The van der Waals surface area contributed by atoms with Crippen molar-refractivity contribution in [2.24, 2.45) is 0 Å². The van der Waals surface area contributed by atoms with Crippen LogP contribution < -0.4 is 10.6 Å². The Labute approximate surface area is 182 Å². The molecule has 4 rings (SSSR count). The molecule has 3 fully saturated rings. The third-order valence-electron chi connectivity index (χ3n) is 6.44. The van der Waals surface area contributed by atoms with Gasteiger partial charge in [-0.05, 0) is 50.3 Å². The van der Waals surface area contributed by atoms with Gasteiger partial charge in [-0.1, -0.05) is 25.3 Å². The number of nitrogens with zero attached hydrogens (tertiary/aromatic N) is 2. The Hall–Kier alpha value is -2.46. The highest BCUT2D eigenvalue weighted by Crippen LogP contribution is 2.35. The van der Waals surface area contributed by atoms with Gasteiger partial charge in [0.2, 0.25) is 15.9 Å². The molecule has 2 N–H and O–H groups in total. The minimum Gasteiger partial charge on any atom is -0.324 e. The molecule has 168 valence electrons. The Morgan fingerprint density at radius 3 is 2.45 bits per heavy atom. The minimum atomic E-state index is -3.64. The minimum absolute atomic E-state index is 0.121. The Morgan fingerprint density at radius 2 is 1.77 bits per heavy atom. The number of hydrogen-bond acceptors (Lipinski definition) is 5. The highest BCUT2D eigenvalue weighted by atomic mass is 32.2. The quantitative estimate of drug-likeness (QED) is 0.668. The molecule has 0 radical (unpaired) electrons. The van der Waals surface area contributed by atoms with Gasteiger partial charge in [0.05, 0.1) is 4.90 Å². The van der Waals surface area contributed by atoms with E-state index in [0.717, 1.165) is 37.0 Å². The number of benzene rings is 1. The summed E-state index contributed by atoms with van der Waals surface area (Å²) in [6.45, 7) is 2.33. The van der Waals surface area contributed by atoms with Crippen LogP contribution in [0.2, 0.25) is 0 Å². The fraction of sp³-hybridized carbons (Fsp3) is 0.571. The molecule has 10 heteroatoms. The zero-order valence-electron chi connectivity index (χ0n) is 17.6. The third kappa shape index (κ3) is 4.06. The molecule has 0 bridgehead atoms. The van der Waals surface area contributed by atoms with Crippen LogP contribution in [0, 0.1) is 6.92 Å². The van der Waals surface area contributed by atoms with Crippen molar-refractivity contribution < 1.29 is 22.8 Å². The van der Waals surface area contributed by atoms with Crippen LogP contribution in [0.3, 0.4) is 0 Å². The lowest BCUT2D eigenvalue weighted by molar-refractivity contribution is -0.133. The predicted octanol–water partition coefficient (Wildman–Crippen LogP) is 1.97. The van der Waals surface area contributed by atoms with E-state index in [9.17, 15) is 22.8 Å². The topological polar surface area (TPSA) is 116 Å². The molecule has 2 aliphatic heterocycles. The molecule has 9 nitrogen and oxygen atoms in total. The van der Waals surface area contributed by atoms with Crippen molar-refractivity contribution in [1.29, 1.82) is 0 Å². The number of sulfonamides is 1. The van der Waals surface area contributed by atoms with Crippen molar-refractivity contribution in [2.45, 2.75) is 62.3 Å². The molecule has 1 aromatic rings. The summed E-state index contributed by atoms with van der Waals surface area (Å²) in [6.07, 6.45) is 5.60. The molecule has 2 heterocycles. The molecule has 1 spiro atoms. The summed E-state index contributed by atoms with van der Waals surface area (Å²) < 4.78 is 27.4. The molecule has 1 saturated carbocycles. The summed E-state index contributed by atoms with van der Waals surface area (Å²) in [5.41, 5.74) is 0.177. The highest BCUT2D eigenvalue weighted by molar-refractivity contribution is 7.89. The Kier molecular flexibility index (Phi) is 5.78. The number of anilines is 1. The van der Waals surface area contributed by atoms with Gasteiger partial charge in [0.1, 0.15) is 12.1 Å². The van der Waals surface area contributed by atoms with E-state index >= 15 is 0 Å². The van der Waals surface area contributed by atoms with Crippen molar-refractivity contribution >= 4 is 33.6 Å². The summed E-state index contributed by atoms with van der Waals surface area (Å²) in [7, 11) is -3.64. The number of imide groups is 1. The number of piperidine rings is 1. The zero-order valence-corrected chi connectivity index (χ0v) is 18.5. The number of aryl methyl sites for hydroxylation is 1. The molecule has 3 aliphatic rings. The van der Waals surface area contributed by atoms with Crippen LogP contribution >= 0.6 is 0 Å². The third-order valence-corrected chi connectivity index (χ3v) is 8.34. The van der Waals surface area contributed by atoms with Crippen LogP contribution in [0.1, 0.15) is 50.5 Å². The van der Waals surface area contributed by atoms with Crippen molar-refractivity contribution in [3.63, 3.8) is 0 Å². The van der Waals surface area contributed by atoms with Crippen LogP contribution in [-0.4, -0.2) is 60.6 Å². The summed E-state index contributed by atoms with van der Waals surface area (Å²) >= 11 is 0. The van der Waals surface area contributed by atoms with Crippen LogP contribution in [0.25, 0.3) is 0 Å². The second-order valence-corrected chi connectivity index (χ2v) is 10.5. The summed E-state index contributed by atoms with van der Waals surface area (Å²) in [4.78, 5) is 38.7. The standard InChI is InChI=1S/C21H28N4O5S/c1-15-7-8-16(31(29,30)24-11-5-2-6-12-24)13-17(15)22-18(26)14-25-19(27)21(23-20(25)28)9-3-4-10-21/h7-8,13H,2-6,9-12,14H2,1H3,(H,22,26)(H,23,28). The first kappa shape index (κ1) is 21.8. The van der Waals surface area contributed by atoms with Crippen LogP contribution in [-0.2, 0) is 19.6 Å². The van der Waals surface area contributed by atoms with E-state index < -0.39 is 34.0 Å². The average molecular weight is 449 g/mol. The molecule has 0 atom stereocenters. The smallest absolute Gasteiger partial charge is 0.324 e. The van der Waals surface area contributed by atoms with Crippen molar-refractivity contribution in [1.82, 2.24) is 14.5 Å². The Balaban J connectivity index is 1.48. The van der Waals surface area contributed by atoms with Gasteiger partial charge in [-0.2, -0.15) is 4.31 Å². The van der Waals surface area contributed by atoms with Crippen molar-refractivity contribution in [3.8, 4) is 0 Å². The van der Waals surface area contributed by atoms with Crippen molar-refractivity contribution in [2.75, 3.05) is 25.0 Å². The SMILES string of the molecule is Cc1ccc(S(=O)(=O)N2CCCCC2)cc1NC(=O)CN1C(=O)NC2(CCCC2)C1=O. The second kappa shape index (κ2) is 8.23. The van der Waals surface area contributed by atoms with Gasteiger partial charge in [0, 0.05) is 18.8 Å². The lowest BCUT2D eigenvalue weighted by Crippen LogP contribution is -2.44. The van der Waals surface area contributed by atoms with Gasteiger partial charge in [-0.3, -0.25) is 14.5 Å². The monoisotopic (exact) mass is 448 g/mol. The maximum atomic E-state index is 13.0. The number of amides is 4. The maximum Gasteiger partial charge on any atom is 0.325 e. The summed E-state index contributed by atoms with van der Waals surface area (Å²) in [6, 6.07) is 4.07. The van der Waals surface area contributed by atoms with Gasteiger partial charge in [-0.15, -0.1) is 0 Å². The Bertz CT molecular complexity index is 1010. The molecule has 1 aliphatic carbocycles. The zero-order chi connectivity index (χ0) is 22.2. The van der Waals surface area contributed by atoms with E-state index in [-0.39, 0.29) is 10.8 Å². The largest absolute Gasteiger partial charge is 0.325 e. The number of urea groups is 1. The molecule has 1 aromatic carbocycles. The van der Waals surface area contributed by atoms with Gasteiger partial charge < -0.3 is 10.6 Å². The molecular formula is C21H28N4O5S. The van der Waals surface area contributed by atoms with Crippen LogP contribution in [0.5, 0.6) is 0 Å². The first-order chi connectivity index (χ1) is 14.7. The molecule has 4 amide bonds. The second-order valence-electron chi connectivity index (χ2n) is 8.60. The number of rotatable bonds is 5. The fourth-order valence-electron chi connectivity index (χ4n) is 4.62. The van der Waals surface area contributed by atoms with Gasteiger partial charge in [0.15, 0.2) is 0 Å². The van der Waals surface area contributed by atoms with E-state index in [1.165, 1.54) is 16.4 Å². The van der Waals surface area contributed by atoms with E-state index in [4.69, 9.17) is 0 Å². The van der Waals surface area contributed by atoms with Gasteiger partial charge in [-0.25, -0.2) is 13.2 Å². The van der Waals surface area contributed by atoms with E-state index in [1.807, 2.05) is 0 Å². The summed E-state index contributed by atoms with van der Waals surface area (Å²) in [5.74, 6) is -0.905. The molecule has 31 heavy (non-hydrogen) atoms. The van der Waals surface area contributed by atoms with Crippen LogP contribution in [0.4, 0.5) is 10.5 Å². The van der Waals surface area contributed by atoms with E-state index in [1.54, 1.807) is 13.0 Å². The van der Waals surface area contributed by atoms with Crippen LogP contribution in [0.15, 0.2) is 23.1 Å². The molecule has 0 unspecified atom stereocenters. The van der Waals surface area contributed by atoms with E-state index in [2.05, 4.69) is 10.6 Å². The number of nitrogens with one attached hydrogen (secondary N) is 2. The van der Waals surface area contributed by atoms with Gasteiger partial charge in [0.25, 0.3) is 5.91 Å². The lowest BCUT2D eigenvalue weighted by Gasteiger charge is -2.26. The van der Waals surface area contributed by atoms with Crippen molar-refractivity contribution in [3.05, 3.63) is 23.8 Å². The Morgan fingerprint density at radius 1 is 1.10 bits per heavy atom. The molecular weight excluding hydrogens is 420 g/mol. The number of carbonyl (C=O) groups excluding carboxylic acids is 3. The first-order valence-electron chi connectivity index (χ1n) is 10.8. The normalized spacial score (nSPS) is 21.5. The van der Waals surface area contributed by atoms with E-state index in [0.29, 0.717) is 37.2 Å². The molecule has 2 saturated heterocycles. The molecule has 0 aromatic heterocycles. The van der Waals surface area contributed by atoms with Gasteiger partial charge >= 0.3 is 6.03 Å². The highest BCUT2D eigenvalue weighted by Gasteiger charge is 2.52. The first-order valence-corrected chi connectivity index (χ1v) is 12.2.